The van der Waals surface area contributed by atoms with Gasteiger partial charge in [0.2, 0.25) is 0 Å². The van der Waals surface area contributed by atoms with Crippen LogP contribution in [0, 0.1) is 11.3 Å². The molecule has 0 amide bonds. The Morgan fingerprint density at radius 3 is 2.43 bits per heavy atom. The van der Waals surface area contributed by atoms with E-state index in [1.807, 2.05) is 24.3 Å². The molecule has 3 aromatic rings. The first-order valence-corrected chi connectivity index (χ1v) is 10.6. The summed E-state index contributed by atoms with van der Waals surface area (Å²) < 4.78 is 2.49. The summed E-state index contributed by atoms with van der Waals surface area (Å²) in [7, 11) is 0. The van der Waals surface area contributed by atoms with Gasteiger partial charge in [-0.1, -0.05) is 24.6 Å². The van der Waals surface area contributed by atoms with Crippen LogP contribution in [0.1, 0.15) is 43.5 Å². The number of benzene rings is 2. The summed E-state index contributed by atoms with van der Waals surface area (Å²) in [6.07, 6.45) is 7.96. The van der Waals surface area contributed by atoms with Crippen molar-refractivity contribution in [3.63, 3.8) is 0 Å². The monoisotopic (exact) mass is 368 g/mol. The van der Waals surface area contributed by atoms with Crippen LogP contribution in [-0.2, 0) is 13.0 Å². The summed E-state index contributed by atoms with van der Waals surface area (Å²) in [5, 5.41) is 9.01. The Morgan fingerprint density at radius 2 is 1.68 bits per heavy atom. The molecule has 28 heavy (non-hydrogen) atoms. The van der Waals surface area contributed by atoms with E-state index >= 15 is 0 Å². The second-order valence-electron chi connectivity index (χ2n) is 8.65. The Labute approximate surface area is 165 Å². The molecule has 1 aromatic heterocycles. The van der Waals surface area contributed by atoms with Crippen LogP contribution in [0.25, 0.3) is 22.2 Å². The van der Waals surface area contributed by atoms with Crippen LogP contribution >= 0.6 is 0 Å². The Morgan fingerprint density at radius 1 is 0.893 bits per heavy atom. The van der Waals surface area contributed by atoms with Gasteiger partial charge < -0.3 is 4.57 Å². The largest absolute Gasteiger partial charge is 0.326 e. The van der Waals surface area contributed by atoms with Crippen molar-refractivity contribution in [1.29, 1.82) is 5.26 Å². The van der Waals surface area contributed by atoms with E-state index in [9.17, 15) is 0 Å². The fourth-order valence-electron chi connectivity index (χ4n) is 5.53. The first kappa shape index (κ1) is 16.3. The van der Waals surface area contributed by atoms with Gasteiger partial charge in [0.1, 0.15) is 5.82 Å². The molecule has 2 aromatic carbocycles. The minimum absolute atomic E-state index is 0.686. The van der Waals surface area contributed by atoms with Crippen molar-refractivity contribution in [2.75, 3.05) is 0 Å². The highest BCUT2D eigenvalue weighted by Crippen LogP contribution is 2.39. The number of aromatic nitrogens is 2. The predicted molar refractivity (Wildman–Crippen MR) is 110 cm³/mol. The summed E-state index contributed by atoms with van der Waals surface area (Å²) in [6, 6.07) is 18.9. The highest BCUT2D eigenvalue weighted by Gasteiger charge is 2.42. The molecule has 3 aliphatic rings. The number of rotatable bonds is 2. The van der Waals surface area contributed by atoms with Gasteiger partial charge in [0.05, 0.1) is 22.7 Å². The van der Waals surface area contributed by atoms with Gasteiger partial charge in [-0.2, -0.15) is 5.26 Å². The van der Waals surface area contributed by atoms with E-state index in [-0.39, 0.29) is 0 Å². The molecule has 1 saturated heterocycles. The Hall–Kier alpha value is -2.64. The molecule has 1 saturated carbocycles. The lowest BCUT2D eigenvalue weighted by Gasteiger charge is -2.41. The van der Waals surface area contributed by atoms with E-state index in [1.165, 1.54) is 49.0 Å². The van der Waals surface area contributed by atoms with E-state index in [0.717, 1.165) is 30.1 Å². The Kier molecular flexibility index (Phi) is 3.61. The molecule has 0 unspecified atom stereocenters. The van der Waals surface area contributed by atoms with E-state index in [1.54, 1.807) is 0 Å². The summed E-state index contributed by atoms with van der Waals surface area (Å²) in [4.78, 5) is 7.93. The minimum atomic E-state index is 0.686. The van der Waals surface area contributed by atoms with Crippen LogP contribution in [0.15, 0.2) is 42.5 Å². The topological polar surface area (TPSA) is 44.9 Å². The molecule has 0 N–H and O–H groups in total. The number of hydrogen-bond acceptors (Lipinski definition) is 3. The molecule has 4 heteroatoms. The fraction of sp³-hybridized carbons (Fsp3) is 0.417. The molecule has 0 radical (unpaired) electrons. The van der Waals surface area contributed by atoms with E-state index in [4.69, 9.17) is 10.2 Å². The minimum Gasteiger partial charge on any atom is -0.326 e. The van der Waals surface area contributed by atoms with Crippen LogP contribution in [-0.4, -0.2) is 32.6 Å². The molecule has 1 aliphatic carbocycles. The van der Waals surface area contributed by atoms with Crippen LogP contribution < -0.4 is 0 Å². The predicted octanol–water partition coefficient (Wildman–Crippen LogP) is 4.52. The first-order valence-electron chi connectivity index (χ1n) is 10.6. The molecule has 2 atom stereocenters. The lowest BCUT2D eigenvalue weighted by molar-refractivity contribution is 0.0739. The molecule has 2 aliphatic heterocycles. The van der Waals surface area contributed by atoms with E-state index in [0.29, 0.717) is 17.6 Å². The number of fused-ring (bicyclic) bond motifs is 5. The maximum Gasteiger partial charge on any atom is 0.111 e. The summed E-state index contributed by atoms with van der Waals surface area (Å²) >= 11 is 0. The normalized spacial score (nSPS) is 24.5. The van der Waals surface area contributed by atoms with Crippen molar-refractivity contribution in [3.8, 4) is 17.2 Å². The summed E-state index contributed by atoms with van der Waals surface area (Å²) in [5.74, 6) is 1.27. The zero-order valence-electron chi connectivity index (χ0n) is 16.0. The van der Waals surface area contributed by atoms with Crippen LogP contribution in [0.4, 0.5) is 0 Å². The zero-order chi connectivity index (χ0) is 18.7. The lowest BCUT2D eigenvalue weighted by atomic mass is 9.90. The second-order valence-corrected chi connectivity index (χ2v) is 8.65. The quantitative estimate of drug-likeness (QED) is 0.668. The van der Waals surface area contributed by atoms with Gasteiger partial charge in [-0.25, -0.2) is 4.98 Å². The van der Waals surface area contributed by atoms with Gasteiger partial charge in [-0.3, -0.25) is 4.90 Å². The van der Waals surface area contributed by atoms with Crippen molar-refractivity contribution in [2.45, 2.75) is 63.2 Å². The standard InChI is InChI=1S/C24H24N4/c25-14-16-4-6-17(7-5-16)18-8-11-23-22(12-18)26-24-13-20-9-10-21(15-27(23)24)28(20)19-2-1-3-19/h4-8,11-12,19-21H,1-3,9-10,13,15H2/t20-,21+/m0/s1. The summed E-state index contributed by atoms with van der Waals surface area (Å²) in [5.41, 5.74) is 5.39. The van der Waals surface area contributed by atoms with Crippen molar-refractivity contribution in [2.24, 2.45) is 0 Å². The van der Waals surface area contributed by atoms with Gasteiger partial charge in [0, 0.05) is 31.1 Å². The Balaban J connectivity index is 1.37. The average molecular weight is 368 g/mol. The summed E-state index contributed by atoms with van der Waals surface area (Å²) in [6.45, 7) is 1.09. The third kappa shape index (κ3) is 2.43. The molecule has 2 fully saturated rings. The van der Waals surface area contributed by atoms with Crippen molar-refractivity contribution in [3.05, 3.63) is 53.9 Å². The van der Waals surface area contributed by atoms with Crippen LogP contribution in [0.5, 0.6) is 0 Å². The molecule has 4 nitrogen and oxygen atoms in total. The van der Waals surface area contributed by atoms with Crippen molar-refractivity contribution >= 4 is 11.0 Å². The molecule has 2 bridgehead atoms. The van der Waals surface area contributed by atoms with Crippen LogP contribution in [0.3, 0.4) is 0 Å². The molecular weight excluding hydrogens is 344 g/mol. The Bertz CT molecular complexity index is 1080. The lowest BCUT2D eigenvalue weighted by Crippen LogP contribution is -2.48. The maximum absolute atomic E-state index is 9.01. The van der Waals surface area contributed by atoms with Gasteiger partial charge in [0.25, 0.3) is 0 Å². The van der Waals surface area contributed by atoms with Crippen LogP contribution in [0.2, 0.25) is 0 Å². The zero-order valence-corrected chi connectivity index (χ0v) is 16.0. The molecule has 6 rings (SSSR count). The van der Waals surface area contributed by atoms with Gasteiger partial charge in [0.15, 0.2) is 0 Å². The molecule has 0 spiro atoms. The van der Waals surface area contributed by atoms with Crippen molar-refractivity contribution in [1.82, 2.24) is 14.5 Å². The van der Waals surface area contributed by atoms with Crippen molar-refractivity contribution < 1.29 is 0 Å². The third-order valence-electron chi connectivity index (χ3n) is 7.16. The third-order valence-corrected chi connectivity index (χ3v) is 7.16. The molecule has 3 heterocycles. The fourth-order valence-corrected chi connectivity index (χ4v) is 5.53. The number of nitrogens with zero attached hydrogens (tertiary/aromatic N) is 4. The van der Waals surface area contributed by atoms with E-state index < -0.39 is 0 Å². The van der Waals surface area contributed by atoms with E-state index in [2.05, 4.69) is 33.7 Å². The first-order chi connectivity index (χ1) is 13.8. The van der Waals surface area contributed by atoms with Gasteiger partial charge in [-0.15, -0.1) is 0 Å². The number of imidazole rings is 1. The highest BCUT2D eigenvalue weighted by molar-refractivity contribution is 5.83. The SMILES string of the molecule is N#Cc1ccc(-c2ccc3c(c2)nc2n3C[C@H]3CC[C@@H](C2)N3C2CCC2)cc1. The highest BCUT2D eigenvalue weighted by atomic mass is 15.3. The number of nitriles is 1. The van der Waals surface area contributed by atoms with Gasteiger partial charge in [-0.05, 0) is 61.1 Å². The molecule has 140 valence electrons. The number of hydrogen-bond donors (Lipinski definition) is 0. The smallest absolute Gasteiger partial charge is 0.111 e. The average Bonchev–Trinajstić information content (AvgIpc) is 3.16. The maximum atomic E-state index is 9.01. The molecular formula is C24H24N4. The second kappa shape index (κ2) is 6.18. The van der Waals surface area contributed by atoms with Gasteiger partial charge >= 0.3 is 0 Å².